The van der Waals surface area contributed by atoms with E-state index < -0.39 is 23.7 Å². The molecule has 1 aromatic heterocycles. The summed E-state index contributed by atoms with van der Waals surface area (Å²) < 4.78 is 64.6. The highest BCUT2D eigenvalue weighted by atomic mass is 19.4. The minimum atomic E-state index is -4.16. The summed E-state index contributed by atoms with van der Waals surface area (Å²) in [6.07, 6.45) is -3.39. The Bertz CT molecular complexity index is 653. The van der Waals surface area contributed by atoms with E-state index in [0.29, 0.717) is 18.7 Å². The number of rotatable bonds is 1. The highest BCUT2D eigenvalue weighted by Gasteiger charge is 2.42. The molecular weight excluding hydrogens is 291 g/mol. The van der Waals surface area contributed by atoms with Gasteiger partial charge in [0, 0.05) is 12.0 Å². The molecule has 1 aliphatic carbocycles. The summed E-state index contributed by atoms with van der Waals surface area (Å²) >= 11 is 0. The third-order valence-electron chi connectivity index (χ3n) is 4.10. The van der Waals surface area contributed by atoms with E-state index in [9.17, 15) is 22.0 Å². The van der Waals surface area contributed by atoms with Crippen LogP contribution in [0.3, 0.4) is 0 Å². The second-order valence-corrected chi connectivity index (χ2v) is 5.50. The van der Waals surface area contributed by atoms with Crippen molar-refractivity contribution in [3.63, 3.8) is 0 Å². The summed E-state index contributed by atoms with van der Waals surface area (Å²) in [7, 11) is 0. The lowest BCUT2D eigenvalue weighted by atomic mass is 9.81. The van der Waals surface area contributed by atoms with Gasteiger partial charge >= 0.3 is 6.18 Å². The number of hydrogen-bond donors (Lipinski definition) is 1. The van der Waals surface area contributed by atoms with Gasteiger partial charge in [-0.15, -0.1) is 0 Å². The van der Waals surface area contributed by atoms with Crippen molar-refractivity contribution < 1.29 is 22.0 Å². The van der Waals surface area contributed by atoms with E-state index in [-0.39, 0.29) is 29.8 Å². The molecule has 0 atom stereocenters. The second-order valence-electron chi connectivity index (χ2n) is 5.50. The number of halogens is 5. The fraction of sp³-hybridized carbons (Fsp3) is 0.500. The molecule has 114 valence electrons. The Balaban J connectivity index is 1.81. The molecule has 1 aromatic carbocycles. The first-order valence-corrected chi connectivity index (χ1v) is 6.76. The lowest BCUT2D eigenvalue weighted by molar-refractivity contribution is -0.182. The summed E-state index contributed by atoms with van der Waals surface area (Å²) in [5.41, 5.74) is 0.268. The van der Waals surface area contributed by atoms with E-state index in [2.05, 4.69) is 9.97 Å². The molecule has 2 aromatic rings. The van der Waals surface area contributed by atoms with Gasteiger partial charge in [0.2, 0.25) is 0 Å². The van der Waals surface area contributed by atoms with Crippen LogP contribution in [0.2, 0.25) is 0 Å². The van der Waals surface area contributed by atoms with Crippen LogP contribution in [-0.2, 0) is 0 Å². The Morgan fingerprint density at radius 1 is 1.05 bits per heavy atom. The van der Waals surface area contributed by atoms with Crippen molar-refractivity contribution in [1.82, 2.24) is 9.97 Å². The number of nitrogens with one attached hydrogen (secondary N) is 1. The van der Waals surface area contributed by atoms with Crippen LogP contribution in [0.4, 0.5) is 22.0 Å². The van der Waals surface area contributed by atoms with Crippen molar-refractivity contribution >= 4 is 11.0 Å². The van der Waals surface area contributed by atoms with Gasteiger partial charge in [0.25, 0.3) is 0 Å². The average Bonchev–Trinajstić information content (AvgIpc) is 2.82. The van der Waals surface area contributed by atoms with E-state index in [0.717, 1.165) is 12.1 Å². The SMILES string of the molecule is Fc1cc(F)c2nc(C3CCC(C(F)(F)F)CC3)[nH]c2c1. The molecule has 0 spiro atoms. The summed E-state index contributed by atoms with van der Waals surface area (Å²) in [4.78, 5) is 6.91. The molecule has 0 radical (unpaired) electrons. The zero-order valence-electron chi connectivity index (χ0n) is 11.0. The summed E-state index contributed by atoms with van der Waals surface area (Å²) in [5, 5.41) is 0. The first kappa shape index (κ1) is 14.3. The van der Waals surface area contributed by atoms with Crippen molar-refractivity contribution in [2.45, 2.75) is 37.8 Å². The Morgan fingerprint density at radius 3 is 2.33 bits per heavy atom. The van der Waals surface area contributed by atoms with E-state index in [1.165, 1.54) is 0 Å². The lowest BCUT2D eigenvalue weighted by Crippen LogP contribution is -2.27. The van der Waals surface area contributed by atoms with Crippen LogP contribution in [0, 0.1) is 17.6 Å². The van der Waals surface area contributed by atoms with Crippen LogP contribution in [0.25, 0.3) is 11.0 Å². The molecule has 1 saturated carbocycles. The standard InChI is InChI=1S/C14H13F5N2/c15-9-5-10(16)12-11(6-9)20-13(21-12)7-1-3-8(4-2-7)14(17,18)19/h5-8H,1-4H2,(H,20,21). The fourth-order valence-electron chi connectivity index (χ4n) is 2.95. The zero-order valence-corrected chi connectivity index (χ0v) is 11.0. The molecule has 21 heavy (non-hydrogen) atoms. The number of aromatic amines is 1. The van der Waals surface area contributed by atoms with E-state index in [4.69, 9.17) is 0 Å². The van der Waals surface area contributed by atoms with Crippen molar-refractivity contribution in [2.24, 2.45) is 5.92 Å². The number of H-pyrrole nitrogens is 1. The third-order valence-corrected chi connectivity index (χ3v) is 4.10. The maximum atomic E-state index is 13.6. The lowest BCUT2D eigenvalue weighted by Gasteiger charge is -2.28. The maximum absolute atomic E-state index is 13.6. The van der Waals surface area contributed by atoms with Crippen LogP contribution in [0.5, 0.6) is 0 Å². The Kier molecular flexibility index (Phi) is 3.37. The molecule has 0 unspecified atom stereocenters. The van der Waals surface area contributed by atoms with Gasteiger partial charge < -0.3 is 4.98 Å². The molecular formula is C14H13F5N2. The number of hydrogen-bond acceptors (Lipinski definition) is 1. The van der Waals surface area contributed by atoms with Crippen molar-refractivity contribution in [2.75, 3.05) is 0 Å². The zero-order chi connectivity index (χ0) is 15.2. The van der Waals surface area contributed by atoms with Crippen molar-refractivity contribution in [3.8, 4) is 0 Å². The second kappa shape index (κ2) is 4.96. The van der Waals surface area contributed by atoms with Crippen LogP contribution < -0.4 is 0 Å². The topological polar surface area (TPSA) is 28.7 Å². The largest absolute Gasteiger partial charge is 0.391 e. The van der Waals surface area contributed by atoms with Gasteiger partial charge in [-0.25, -0.2) is 13.8 Å². The van der Waals surface area contributed by atoms with Gasteiger partial charge in [0.1, 0.15) is 17.2 Å². The van der Waals surface area contributed by atoms with Crippen LogP contribution in [-0.4, -0.2) is 16.1 Å². The first-order valence-electron chi connectivity index (χ1n) is 6.76. The maximum Gasteiger partial charge on any atom is 0.391 e. The van der Waals surface area contributed by atoms with Crippen LogP contribution in [0.1, 0.15) is 37.4 Å². The van der Waals surface area contributed by atoms with Gasteiger partial charge in [-0.1, -0.05) is 0 Å². The van der Waals surface area contributed by atoms with Gasteiger partial charge in [-0.3, -0.25) is 0 Å². The highest BCUT2D eigenvalue weighted by molar-refractivity contribution is 5.75. The minimum Gasteiger partial charge on any atom is -0.342 e. The molecule has 1 fully saturated rings. The number of aromatic nitrogens is 2. The van der Waals surface area contributed by atoms with Crippen LogP contribution in [0.15, 0.2) is 12.1 Å². The van der Waals surface area contributed by atoms with E-state index in [1.54, 1.807) is 0 Å². The predicted molar refractivity (Wildman–Crippen MR) is 66.8 cm³/mol. The molecule has 0 bridgehead atoms. The van der Waals surface area contributed by atoms with Gasteiger partial charge in [0.15, 0.2) is 5.82 Å². The Morgan fingerprint density at radius 2 is 1.71 bits per heavy atom. The fourth-order valence-corrected chi connectivity index (χ4v) is 2.95. The van der Waals surface area contributed by atoms with E-state index >= 15 is 0 Å². The molecule has 3 rings (SSSR count). The molecule has 1 heterocycles. The average molecular weight is 304 g/mol. The quantitative estimate of drug-likeness (QED) is 0.762. The molecule has 1 N–H and O–H groups in total. The summed E-state index contributed by atoms with van der Waals surface area (Å²) in [6.45, 7) is 0. The highest BCUT2D eigenvalue weighted by Crippen LogP contribution is 2.42. The minimum absolute atomic E-state index is 0.0318. The molecule has 2 nitrogen and oxygen atoms in total. The molecule has 0 aliphatic heterocycles. The number of fused-ring (bicyclic) bond motifs is 1. The van der Waals surface area contributed by atoms with Crippen molar-refractivity contribution in [1.29, 1.82) is 0 Å². The summed E-state index contributed by atoms with van der Waals surface area (Å²) in [5.74, 6) is -2.48. The van der Waals surface area contributed by atoms with Crippen LogP contribution >= 0.6 is 0 Å². The third kappa shape index (κ3) is 2.73. The normalized spacial score (nSPS) is 23.7. The number of imidazole rings is 1. The molecule has 0 saturated heterocycles. The van der Waals surface area contributed by atoms with Gasteiger partial charge in [0.05, 0.1) is 11.4 Å². The Labute approximate surface area is 117 Å². The number of benzene rings is 1. The van der Waals surface area contributed by atoms with Gasteiger partial charge in [-0.05, 0) is 31.7 Å². The summed E-state index contributed by atoms with van der Waals surface area (Å²) in [6, 6.07) is 1.88. The molecule has 0 amide bonds. The molecule has 7 heteroatoms. The number of nitrogens with zero attached hydrogens (tertiary/aromatic N) is 1. The van der Waals surface area contributed by atoms with Crippen molar-refractivity contribution in [3.05, 3.63) is 29.6 Å². The molecule has 1 aliphatic rings. The first-order chi connectivity index (χ1) is 9.84. The van der Waals surface area contributed by atoms with E-state index in [1.807, 2.05) is 0 Å². The Hall–Kier alpha value is -1.66. The number of alkyl halides is 3. The van der Waals surface area contributed by atoms with Gasteiger partial charge in [-0.2, -0.15) is 13.2 Å². The predicted octanol–water partition coefficient (Wildman–Crippen LogP) is 4.68. The monoisotopic (exact) mass is 304 g/mol. The smallest absolute Gasteiger partial charge is 0.342 e.